The van der Waals surface area contributed by atoms with Crippen molar-refractivity contribution in [1.82, 2.24) is 5.16 Å². The number of hydrogen-bond acceptors (Lipinski definition) is 4. The van der Waals surface area contributed by atoms with Gasteiger partial charge in [-0.1, -0.05) is 23.4 Å². The van der Waals surface area contributed by atoms with Crippen molar-refractivity contribution in [2.75, 3.05) is 11.4 Å². The summed E-state index contributed by atoms with van der Waals surface area (Å²) in [6, 6.07) is 8.16. The molecule has 1 aliphatic rings. The number of para-hydroxylation sites is 1. The molecule has 0 amide bonds. The molecule has 18 heavy (non-hydrogen) atoms. The Bertz CT molecular complexity index is 591. The molecular weight excluding hydrogens is 232 g/mol. The fourth-order valence-electron chi connectivity index (χ4n) is 2.33. The third-order valence-corrected chi connectivity index (χ3v) is 3.18. The fourth-order valence-corrected chi connectivity index (χ4v) is 2.33. The second-order valence-corrected chi connectivity index (χ2v) is 4.29. The Hall–Kier alpha value is -2.30. The molecular formula is C13H12N2O3. The highest BCUT2D eigenvalue weighted by molar-refractivity contribution is 5.86. The number of hydrogen-bond donors (Lipinski definition) is 1. The summed E-state index contributed by atoms with van der Waals surface area (Å²) >= 11 is 0. The predicted molar refractivity (Wildman–Crippen MR) is 64.7 cm³/mol. The van der Waals surface area contributed by atoms with Gasteiger partial charge in [0.1, 0.15) is 0 Å². The first-order valence-corrected chi connectivity index (χ1v) is 5.75. The molecule has 0 radical (unpaired) electrons. The Labute approximate surface area is 104 Å². The Morgan fingerprint density at radius 2 is 2.28 bits per heavy atom. The Morgan fingerprint density at radius 3 is 3.11 bits per heavy atom. The van der Waals surface area contributed by atoms with Crippen molar-refractivity contribution in [2.24, 2.45) is 0 Å². The number of anilines is 1. The molecule has 0 aliphatic carbocycles. The van der Waals surface area contributed by atoms with Crippen LogP contribution in [-0.4, -0.2) is 22.8 Å². The van der Waals surface area contributed by atoms with Crippen LogP contribution in [-0.2, 0) is 13.0 Å². The number of rotatable bonds is 3. The Balaban J connectivity index is 1.86. The van der Waals surface area contributed by atoms with Gasteiger partial charge >= 0.3 is 5.97 Å². The third-order valence-electron chi connectivity index (χ3n) is 3.18. The highest BCUT2D eigenvalue weighted by atomic mass is 16.5. The van der Waals surface area contributed by atoms with E-state index >= 15 is 0 Å². The molecule has 0 spiro atoms. The van der Waals surface area contributed by atoms with Gasteiger partial charge < -0.3 is 14.5 Å². The number of nitrogens with zero attached hydrogens (tertiary/aromatic N) is 2. The smallest absolute Gasteiger partial charge is 0.375 e. The van der Waals surface area contributed by atoms with E-state index in [1.807, 2.05) is 12.1 Å². The van der Waals surface area contributed by atoms with Crippen LogP contribution in [0.1, 0.15) is 21.7 Å². The first-order valence-electron chi connectivity index (χ1n) is 5.75. The van der Waals surface area contributed by atoms with E-state index in [-0.39, 0.29) is 5.76 Å². The zero-order chi connectivity index (χ0) is 12.5. The molecule has 92 valence electrons. The van der Waals surface area contributed by atoms with Crippen LogP contribution in [0.15, 0.2) is 35.0 Å². The van der Waals surface area contributed by atoms with Crippen molar-refractivity contribution >= 4 is 11.7 Å². The quantitative estimate of drug-likeness (QED) is 0.893. The zero-order valence-electron chi connectivity index (χ0n) is 9.67. The van der Waals surface area contributed by atoms with Gasteiger partial charge in [0, 0.05) is 24.3 Å². The summed E-state index contributed by atoms with van der Waals surface area (Å²) in [6.07, 6.45) is 2.47. The molecule has 0 bridgehead atoms. The van der Waals surface area contributed by atoms with Gasteiger partial charge in [-0.05, 0) is 18.1 Å². The molecule has 0 fully saturated rings. The number of carboxylic acids is 1. The predicted octanol–water partition coefficient (Wildman–Crippen LogP) is 1.94. The molecule has 0 saturated heterocycles. The topological polar surface area (TPSA) is 66.6 Å². The molecule has 0 saturated carbocycles. The maximum absolute atomic E-state index is 10.9. The van der Waals surface area contributed by atoms with E-state index < -0.39 is 5.97 Å². The van der Waals surface area contributed by atoms with Gasteiger partial charge in [-0.25, -0.2) is 4.79 Å². The average molecular weight is 244 g/mol. The van der Waals surface area contributed by atoms with Gasteiger partial charge in [-0.3, -0.25) is 0 Å². The van der Waals surface area contributed by atoms with Crippen molar-refractivity contribution < 1.29 is 14.4 Å². The van der Waals surface area contributed by atoms with Crippen LogP contribution < -0.4 is 4.90 Å². The van der Waals surface area contributed by atoms with Crippen molar-refractivity contribution in [3.05, 3.63) is 47.3 Å². The third kappa shape index (κ3) is 1.73. The van der Waals surface area contributed by atoms with E-state index in [9.17, 15) is 4.79 Å². The van der Waals surface area contributed by atoms with Crippen LogP contribution in [0, 0.1) is 0 Å². The zero-order valence-corrected chi connectivity index (χ0v) is 9.67. The minimum absolute atomic E-state index is 0.0700. The Morgan fingerprint density at radius 1 is 1.44 bits per heavy atom. The molecule has 3 rings (SSSR count). The van der Waals surface area contributed by atoms with Crippen molar-refractivity contribution in [3.8, 4) is 0 Å². The van der Waals surface area contributed by atoms with Crippen molar-refractivity contribution in [1.29, 1.82) is 0 Å². The lowest BCUT2D eigenvalue weighted by Crippen LogP contribution is -2.20. The largest absolute Gasteiger partial charge is 0.475 e. The summed E-state index contributed by atoms with van der Waals surface area (Å²) < 4.78 is 4.75. The average Bonchev–Trinajstić information content (AvgIpc) is 2.97. The molecule has 1 aromatic heterocycles. The molecule has 1 N–H and O–H groups in total. The van der Waals surface area contributed by atoms with E-state index in [2.05, 4.69) is 22.2 Å². The first-order chi connectivity index (χ1) is 8.75. The maximum atomic E-state index is 10.9. The molecule has 1 aliphatic heterocycles. The first kappa shape index (κ1) is 10.8. The normalized spacial score (nSPS) is 13.7. The van der Waals surface area contributed by atoms with E-state index in [1.54, 1.807) is 0 Å². The summed E-state index contributed by atoms with van der Waals surface area (Å²) in [5.74, 6) is -1.14. The molecule has 5 heteroatoms. The van der Waals surface area contributed by atoms with Crippen LogP contribution in [0.5, 0.6) is 0 Å². The van der Waals surface area contributed by atoms with Gasteiger partial charge in [-0.2, -0.15) is 0 Å². The molecule has 0 unspecified atom stereocenters. The molecule has 0 atom stereocenters. The molecule has 1 aromatic carbocycles. The number of carboxylic acid groups (broad SMARTS) is 1. The van der Waals surface area contributed by atoms with E-state index in [0.717, 1.165) is 18.7 Å². The summed E-state index contributed by atoms with van der Waals surface area (Å²) in [7, 11) is 0. The van der Waals surface area contributed by atoms with Crippen LogP contribution >= 0.6 is 0 Å². The van der Waals surface area contributed by atoms with Gasteiger partial charge in [0.05, 0.1) is 6.20 Å². The summed E-state index contributed by atoms with van der Waals surface area (Å²) in [5.41, 5.74) is 3.07. The van der Waals surface area contributed by atoms with E-state index in [1.165, 1.54) is 11.8 Å². The lowest BCUT2D eigenvalue weighted by molar-refractivity contribution is 0.0650. The fraction of sp³-hybridized carbons (Fsp3) is 0.231. The van der Waals surface area contributed by atoms with E-state index in [0.29, 0.717) is 12.1 Å². The van der Waals surface area contributed by atoms with Crippen molar-refractivity contribution in [2.45, 2.75) is 13.0 Å². The number of benzene rings is 1. The highest BCUT2D eigenvalue weighted by Crippen LogP contribution is 2.29. The Kier molecular flexibility index (Phi) is 2.51. The summed E-state index contributed by atoms with van der Waals surface area (Å²) in [4.78, 5) is 13.1. The number of fused-ring (bicyclic) bond motifs is 1. The second kappa shape index (κ2) is 4.18. The lowest BCUT2D eigenvalue weighted by atomic mass is 10.2. The molecule has 2 heterocycles. The summed E-state index contributed by atoms with van der Waals surface area (Å²) in [5, 5.41) is 12.5. The van der Waals surface area contributed by atoms with Crippen LogP contribution in [0.2, 0.25) is 0 Å². The van der Waals surface area contributed by atoms with E-state index in [4.69, 9.17) is 9.63 Å². The number of carbonyl (C=O) groups is 1. The summed E-state index contributed by atoms with van der Waals surface area (Å²) in [6.45, 7) is 1.41. The minimum atomic E-state index is -1.07. The maximum Gasteiger partial charge on any atom is 0.375 e. The number of aromatic carboxylic acids is 1. The minimum Gasteiger partial charge on any atom is -0.475 e. The second-order valence-electron chi connectivity index (χ2n) is 4.29. The van der Waals surface area contributed by atoms with Gasteiger partial charge in [-0.15, -0.1) is 0 Å². The van der Waals surface area contributed by atoms with Crippen LogP contribution in [0.25, 0.3) is 0 Å². The standard InChI is InChI=1S/C13H12N2O3/c16-13(17)12-10(7-14-18-12)8-15-6-5-9-3-1-2-4-11(9)15/h1-4,7H,5-6,8H2,(H,16,17). The van der Waals surface area contributed by atoms with Crippen LogP contribution in [0.3, 0.4) is 0 Å². The SMILES string of the molecule is O=C(O)c1oncc1CN1CCc2ccccc21. The highest BCUT2D eigenvalue weighted by Gasteiger charge is 2.22. The number of aromatic nitrogens is 1. The van der Waals surface area contributed by atoms with Gasteiger partial charge in [0.15, 0.2) is 0 Å². The lowest BCUT2D eigenvalue weighted by Gasteiger charge is -2.18. The van der Waals surface area contributed by atoms with Crippen molar-refractivity contribution in [3.63, 3.8) is 0 Å². The molecule has 5 nitrogen and oxygen atoms in total. The van der Waals surface area contributed by atoms with Gasteiger partial charge in [0.25, 0.3) is 0 Å². The van der Waals surface area contributed by atoms with Crippen LogP contribution in [0.4, 0.5) is 5.69 Å². The monoisotopic (exact) mass is 244 g/mol. The molecule has 2 aromatic rings. The van der Waals surface area contributed by atoms with Gasteiger partial charge in [0.2, 0.25) is 5.76 Å².